The number of amides is 1. The first-order chi connectivity index (χ1) is 10.4. The molecule has 1 aromatic carbocycles. The van der Waals surface area contributed by atoms with Crippen LogP contribution in [0.4, 0.5) is 5.69 Å². The SMILES string of the molecule is Cn1nc(C(C)(C)C)cc1C(=O)N1CCOc2ccccc21. The van der Waals surface area contributed by atoms with Gasteiger partial charge < -0.3 is 9.64 Å². The van der Waals surface area contributed by atoms with Gasteiger partial charge in [-0.25, -0.2) is 0 Å². The normalized spacial score (nSPS) is 14.5. The third-order valence-electron chi connectivity index (χ3n) is 3.84. The summed E-state index contributed by atoms with van der Waals surface area (Å²) >= 11 is 0. The highest BCUT2D eigenvalue weighted by molar-refractivity contribution is 6.06. The lowest BCUT2D eigenvalue weighted by molar-refractivity contribution is 0.0967. The molecule has 0 bridgehead atoms. The molecule has 116 valence electrons. The Hall–Kier alpha value is -2.30. The van der Waals surface area contributed by atoms with Crippen LogP contribution in [0.2, 0.25) is 0 Å². The first-order valence-electron chi connectivity index (χ1n) is 7.46. The number of carbonyl (C=O) groups excluding carboxylic acids is 1. The number of nitrogens with zero attached hydrogens (tertiary/aromatic N) is 3. The molecular formula is C17H21N3O2. The predicted molar refractivity (Wildman–Crippen MR) is 85.5 cm³/mol. The molecular weight excluding hydrogens is 278 g/mol. The van der Waals surface area contributed by atoms with E-state index in [9.17, 15) is 4.79 Å². The van der Waals surface area contributed by atoms with Crippen molar-refractivity contribution in [1.82, 2.24) is 9.78 Å². The molecule has 0 radical (unpaired) electrons. The zero-order valence-electron chi connectivity index (χ0n) is 13.5. The Balaban J connectivity index is 1.98. The minimum Gasteiger partial charge on any atom is -0.490 e. The molecule has 1 amide bonds. The van der Waals surface area contributed by atoms with Crippen molar-refractivity contribution in [2.24, 2.45) is 7.05 Å². The van der Waals surface area contributed by atoms with Crippen molar-refractivity contribution in [2.45, 2.75) is 26.2 Å². The van der Waals surface area contributed by atoms with Crippen LogP contribution >= 0.6 is 0 Å². The third kappa shape index (κ3) is 2.47. The molecule has 0 N–H and O–H groups in total. The smallest absolute Gasteiger partial charge is 0.276 e. The standard InChI is InChI=1S/C17H21N3O2/c1-17(2,3)15-11-13(19(4)18-15)16(21)20-9-10-22-14-8-6-5-7-12(14)20/h5-8,11H,9-10H2,1-4H3. The number of fused-ring (bicyclic) bond motifs is 1. The number of hydrogen-bond acceptors (Lipinski definition) is 3. The van der Waals surface area contributed by atoms with Gasteiger partial charge in [0.05, 0.1) is 17.9 Å². The van der Waals surface area contributed by atoms with Crippen molar-refractivity contribution in [1.29, 1.82) is 0 Å². The molecule has 5 nitrogen and oxygen atoms in total. The molecule has 22 heavy (non-hydrogen) atoms. The summed E-state index contributed by atoms with van der Waals surface area (Å²) in [5.74, 6) is 0.710. The van der Waals surface area contributed by atoms with Gasteiger partial charge in [-0.1, -0.05) is 32.9 Å². The zero-order valence-corrected chi connectivity index (χ0v) is 13.5. The van der Waals surface area contributed by atoms with Crippen LogP contribution in [0, 0.1) is 0 Å². The van der Waals surface area contributed by atoms with Crippen molar-refractivity contribution in [3.8, 4) is 5.75 Å². The molecule has 0 spiro atoms. The van der Waals surface area contributed by atoms with E-state index in [-0.39, 0.29) is 11.3 Å². The summed E-state index contributed by atoms with van der Waals surface area (Å²) in [5, 5.41) is 4.49. The number of para-hydroxylation sites is 2. The van der Waals surface area contributed by atoms with Crippen LogP contribution in [-0.4, -0.2) is 28.8 Å². The number of aromatic nitrogens is 2. The first-order valence-corrected chi connectivity index (χ1v) is 7.46. The van der Waals surface area contributed by atoms with E-state index in [0.29, 0.717) is 18.8 Å². The van der Waals surface area contributed by atoms with Gasteiger partial charge in [0.15, 0.2) is 0 Å². The molecule has 0 atom stereocenters. The Morgan fingerprint density at radius 1 is 1.27 bits per heavy atom. The Morgan fingerprint density at radius 3 is 2.68 bits per heavy atom. The van der Waals surface area contributed by atoms with Gasteiger partial charge in [-0.2, -0.15) is 5.10 Å². The molecule has 2 aromatic rings. The number of hydrogen-bond donors (Lipinski definition) is 0. The molecule has 0 saturated carbocycles. The van der Waals surface area contributed by atoms with Crippen molar-refractivity contribution in [2.75, 3.05) is 18.1 Å². The highest BCUT2D eigenvalue weighted by Crippen LogP contribution is 2.32. The Labute approximate surface area is 130 Å². The number of aryl methyl sites for hydroxylation is 1. The molecule has 1 aromatic heterocycles. The number of carbonyl (C=O) groups is 1. The van der Waals surface area contributed by atoms with E-state index in [2.05, 4.69) is 25.9 Å². The van der Waals surface area contributed by atoms with E-state index >= 15 is 0 Å². The minimum atomic E-state index is -0.0841. The monoisotopic (exact) mass is 299 g/mol. The highest BCUT2D eigenvalue weighted by Gasteiger charge is 2.28. The van der Waals surface area contributed by atoms with Crippen LogP contribution in [0.15, 0.2) is 30.3 Å². The van der Waals surface area contributed by atoms with E-state index in [4.69, 9.17) is 4.74 Å². The molecule has 0 fully saturated rings. The second-order valence-electron chi connectivity index (χ2n) is 6.56. The molecule has 3 rings (SSSR count). The summed E-state index contributed by atoms with van der Waals surface area (Å²) in [7, 11) is 1.81. The van der Waals surface area contributed by atoms with Crippen LogP contribution in [0.5, 0.6) is 5.75 Å². The lowest BCUT2D eigenvalue weighted by Crippen LogP contribution is -2.38. The summed E-state index contributed by atoms with van der Waals surface area (Å²) in [6.07, 6.45) is 0. The van der Waals surface area contributed by atoms with E-state index in [1.807, 2.05) is 37.4 Å². The predicted octanol–water partition coefficient (Wildman–Crippen LogP) is 2.76. The van der Waals surface area contributed by atoms with E-state index in [1.165, 1.54) is 0 Å². The third-order valence-corrected chi connectivity index (χ3v) is 3.84. The van der Waals surface area contributed by atoms with Crippen molar-refractivity contribution in [3.05, 3.63) is 41.7 Å². The molecule has 2 heterocycles. The second-order valence-corrected chi connectivity index (χ2v) is 6.56. The van der Waals surface area contributed by atoms with Gasteiger partial charge in [-0.15, -0.1) is 0 Å². The number of ether oxygens (including phenoxy) is 1. The second kappa shape index (κ2) is 5.16. The van der Waals surface area contributed by atoms with Crippen LogP contribution in [0.1, 0.15) is 37.0 Å². The summed E-state index contributed by atoms with van der Waals surface area (Å²) in [6, 6.07) is 9.51. The van der Waals surface area contributed by atoms with Gasteiger partial charge in [-0.05, 0) is 18.2 Å². The highest BCUT2D eigenvalue weighted by atomic mass is 16.5. The molecule has 0 saturated heterocycles. The van der Waals surface area contributed by atoms with Crippen molar-refractivity contribution < 1.29 is 9.53 Å². The average molecular weight is 299 g/mol. The van der Waals surface area contributed by atoms with Crippen molar-refractivity contribution >= 4 is 11.6 Å². The maximum absolute atomic E-state index is 12.9. The summed E-state index contributed by atoms with van der Waals surface area (Å²) in [4.78, 5) is 14.7. The minimum absolute atomic E-state index is 0.0405. The van der Waals surface area contributed by atoms with E-state index in [1.54, 1.807) is 9.58 Å². The van der Waals surface area contributed by atoms with Crippen molar-refractivity contribution in [3.63, 3.8) is 0 Å². The number of rotatable bonds is 1. The molecule has 1 aliphatic heterocycles. The first kappa shape index (κ1) is 14.6. The summed E-state index contributed by atoms with van der Waals surface area (Å²) in [5.41, 5.74) is 2.25. The molecule has 5 heteroatoms. The van der Waals surface area contributed by atoms with Gasteiger partial charge in [-0.3, -0.25) is 9.48 Å². The summed E-state index contributed by atoms with van der Waals surface area (Å²) < 4.78 is 7.28. The Kier molecular flexibility index (Phi) is 3.43. The topological polar surface area (TPSA) is 47.4 Å². The fourth-order valence-electron chi connectivity index (χ4n) is 2.55. The van der Waals surface area contributed by atoms with Gasteiger partial charge in [0, 0.05) is 12.5 Å². The Bertz CT molecular complexity index is 713. The number of anilines is 1. The largest absolute Gasteiger partial charge is 0.490 e. The van der Waals surface area contributed by atoms with Gasteiger partial charge >= 0.3 is 0 Å². The average Bonchev–Trinajstić information content (AvgIpc) is 2.88. The van der Waals surface area contributed by atoms with E-state index in [0.717, 1.165) is 17.1 Å². The summed E-state index contributed by atoms with van der Waals surface area (Å²) in [6.45, 7) is 7.33. The van der Waals surface area contributed by atoms with Crippen LogP contribution in [0.25, 0.3) is 0 Å². The molecule has 1 aliphatic rings. The zero-order chi connectivity index (χ0) is 15.9. The van der Waals surface area contributed by atoms with Gasteiger partial charge in [0.25, 0.3) is 5.91 Å². The molecule has 0 aliphatic carbocycles. The fraction of sp³-hybridized carbons (Fsp3) is 0.412. The lowest BCUT2D eigenvalue weighted by Gasteiger charge is -2.29. The maximum atomic E-state index is 12.9. The Morgan fingerprint density at radius 2 is 2.00 bits per heavy atom. The van der Waals surface area contributed by atoms with Crippen LogP contribution < -0.4 is 9.64 Å². The van der Waals surface area contributed by atoms with E-state index < -0.39 is 0 Å². The molecule has 0 unspecified atom stereocenters. The lowest BCUT2D eigenvalue weighted by atomic mass is 9.92. The number of benzene rings is 1. The quantitative estimate of drug-likeness (QED) is 0.813. The van der Waals surface area contributed by atoms with Gasteiger partial charge in [0.2, 0.25) is 0 Å². The fourth-order valence-corrected chi connectivity index (χ4v) is 2.55. The maximum Gasteiger partial charge on any atom is 0.276 e. The van der Waals surface area contributed by atoms with Crippen LogP contribution in [-0.2, 0) is 12.5 Å². The van der Waals surface area contributed by atoms with Gasteiger partial charge in [0.1, 0.15) is 18.1 Å². The van der Waals surface area contributed by atoms with Crippen LogP contribution in [0.3, 0.4) is 0 Å².